The molecule has 1 heterocycles. The van der Waals surface area contributed by atoms with Crippen LogP contribution in [0, 0.1) is 0 Å². The molecule has 0 amide bonds. The summed E-state index contributed by atoms with van der Waals surface area (Å²) in [6.07, 6.45) is 1.85. The van der Waals surface area contributed by atoms with E-state index in [9.17, 15) is 5.11 Å². The summed E-state index contributed by atoms with van der Waals surface area (Å²) >= 11 is 0. The maximum atomic E-state index is 9.51. The molecule has 152 valence electrons. The second-order valence-electron chi connectivity index (χ2n) is 7.83. The average molecular weight is 393 g/mol. The number of nitrogens with one attached hydrogen (secondary N) is 2. The molecule has 0 aliphatic heterocycles. The van der Waals surface area contributed by atoms with E-state index in [0.717, 1.165) is 22.7 Å². The fraction of sp³-hybridized carbons (Fsp3) is 0.304. The van der Waals surface area contributed by atoms with Gasteiger partial charge in [-0.2, -0.15) is 4.98 Å². The van der Waals surface area contributed by atoms with Crippen LogP contribution in [0.3, 0.4) is 0 Å². The fourth-order valence-electron chi connectivity index (χ4n) is 2.75. The number of nitrogens with zero attached hydrogens (tertiary/aromatic N) is 2. The van der Waals surface area contributed by atoms with E-state index in [1.54, 1.807) is 6.20 Å². The summed E-state index contributed by atoms with van der Waals surface area (Å²) in [4.78, 5) is 8.80. The fourth-order valence-corrected chi connectivity index (χ4v) is 2.75. The third kappa shape index (κ3) is 5.68. The van der Waals surface area contributed by atoms with Gasteiger partial charge in [-0.25, -0.2) is 4.98 Å². The van der Waals surface area contributed by atoms with Crippen LogP contribution in [0.5, 0.6) is 5.75 Å². The van der Waals surface area contributed by atoms with Gasteiger partial charge in [0.25, 0.3) is 0 Å². The Morgan fingerprint density at radius 3 is 2.17 bits per heavy atom. The number of ether oxygens (including phenoxy) is 1. The molecule has 1 aromatic heterocycles. The normalized spacial score (nSPS) is 11.4. The topological polar surface area (TPSA) is 79.3 Å². The third-order valence-electron chi connectivity index (χ3n) is 4.47. The lowest BCUT2D eigenvalue weighted by atomic mass is 9.85. The molecule has 0 aliphatic rings. The lowest BCUT2D eigenvalue weighted by molar-refractivity contribution is 0.218. The zero-order valence-corrected chi connectivity index (χ0v) is 17.3. The highest BCUT2D eigenvalue weighted by Gasteiger charge is 2.18. The summed E-state index contributed by atoms with van der Waals surface area (Å²) in [6.45, 7) is 8.13. The van der Waals surface area contributed by atoms with Crippen molar-refractivity contribution >= 4 is 23.1 Å². The molecule has 0 bridgehead atoms. The van der Waals surface area contributed by atoms with Crippen molar-refractivity contribution in [2.75, 3.05) is 17.2 Å². The monoisotopic (exact) mass is 392 g/mol. The Bertz CT molecular complexity index is 922. The summed E-state index contributed by atoms with van der Waals surface area (Å²) in [5.74, 6) is 2.02. The van der Waals surface area contributed by atoms with Crippen LogP contribution < -0.4 is 15.4 Å². The van der Waals surface area contributed by atoms with Gasteiger partial charge in [-0.1, -0.05) is 26.0 Å². The SMILES string of the molecule is CC(C)Oc1ccc(Nc2nccc(Nc3ccc(C(C)(C)CO)cc3)n2)cc1. The molecule has 0 spiro atoms. The van der Waals surface area contributed by atoms with Crippen molar-refractivity contribution in [3.63, 3.8) is 0 Å². The van der Waals surface area contributed by atoms with Crippen LogP contribution in [0.1, 0.15) is 33.3 Å². The molecule has 3 aromatic rings. The Labute approximate surface area is 172 Å². The maximum Gasteiger partial charge on any atom is 0.229 e. The number of aliphatic hydroxyl groups excluding tert-OH is 1. The van der Waals surface area contributed by atoms with E-state index in [2.05, 4.69) is 20.6 Å². The number of rotatable bonds is 8. The van der Waals surface area contributed by atoms with Gasteiger partial charge in [-0.3, -0.25) is 0 Å². The second-order valence-corrected chi connectivity index (χ2v) is 7.83. The van der Waals surface area contributed by atoms with Gasteiger partial charge in [0.1, 0.15) is 11.6 Å². The van der Waals surface area contributed by atoms with Gasteiger partial charge in [-0.05, 0) is 61.9 Å². The molecule has 0 saturated heterocycles. The molecule has 0 saturated carbocycles. The summed E-state index contributed by atoms with van der Waals surface area (Å²) in [5.41, 5.74) is 2.62. The highest BCUT2D eigenvalue weighted by Crippen LogP contribution is 2.25. The van der Waals surface area contributed by atoms with Crippen LogP contribution in [-0.2, 0) is 5.41 Å². The van der Waals surface area contributed by atoms with Crippen molar-refractivity contribution in [1.29, 1.82) is 0 Å². The van der Waals surface area contributed by atoms with Crippen molar-refractivity contribution < 1.29 is 9.84 Å². The largest absolute Gasteiger partial charge is 0.491 e. The van der Waals surface area contributed by atoms with E-state index in [1.165, 1.54) is 0 Å². The van der Waals surface area contributed by atoms with Gasteiger partial charge in [0.15, 0.2) is 0 Å². The Hall–Kier alpha value is -3.12. The summed E-state index contributed by atoms with van der Waals surface area (Å²) < 4.78 is 5.66. The number of anilines is 4. The number of hydrogen-bond acceptors (Lipinski definition) is 6. The summed E-state index contributed by atoms with van der Waals surface area (Å²) in [7, 11) is 0. The molecule has 0 radical (unpaired) electrons. The van der Waals surface area contributed by atoms with Crippen molar-refractivity contribution in [2.24, 2.45) is 0 Å². The first-order valence-corrected chi connectivity index (χ1v) is 9.71. The number of benzene rings is 2. The smallest absolute Gasteiger partial charge is 0.229 e. The van der Waals surface area contributed by atoms with Crippen molar-refractivity contribution in [1.82, 2.24) is 9.97 Å². The molecular formula is C23H28N4O2. The highest BCUT2D eigenvalue weighted by molar-refractivity contribution is 5.60. The van der Waals surface area contributed by atoms with Crippen LogP contribution in [0.15, 0.2) is 60.8 Å². The van der Waals surface area contributed by atoms with Gasteiger partial charge in [-0.15, -0.1) is 0 Å². The maximum absolute atomic E-state index is 9.51. The molecule has 6 nitrogen and oxygen atoms in total. The van der Waals surface area contributed by atoms with Crippen molar-refractivity contribution in [3.05, 3.63) is 66.4 Å². The molecule has 2 aromatic carbocycles. The van der Waals surface area contributed by atoms with Gasteiger partial charge >= 0.3 is 0 Å². The Morgan fingerprint density at radius 2 is 1.55 bits per heavy atom. The molecule has 0 fully saturated rings. The molecule has 0 unspecified atom stereocenters. The first-order chi connectivity index (χ1) is 13.9. The van der Waals surface area contributed by atoms with Crippen LogP contribution >= 0.6 is 0 Å². The highest BCUT2D eigenvalue weighted by atomic mass is 16.5. The molecule has 0 atom stereocenters. The first kappa shape index (κ1) is 20.6. The molecule has 29 heavy (non-hydrogen) atoms. The minimum absolute atomic E-state index is 0.102. The van der Waals surface area contributed by atoms with Gasteiger partial charge in [0, 0.05) is 23.0 Å². The van der Waals surface area contributed by atoms with Gasteiger partial charge in [0.2, 0.25) is 5.95 Å². The van der Waals surface area contributed by atoms with E-state index >= 15 is 0 Å². The molecular weight excluding hydrogens is 364 g/mol. The van der Waals surface area contributed by atoms with E-state index in [1.807, 2.05) is 82.3 Å². The predicted octanol–water partition coefficient (Wildman–Crippen LogP) is 5.02. The van der Waals surface area contributed by atoms with E-state index in [-0.39, 0.29) is 18.1 Å². The minimum Gasteiger partial charge on any atom is -0.491 e. The van der Waals surface area contributed by atoms with Gasteiger partial charge < -0.3 is 20.5 Å². The first-order valence-electron chi connectivity index (χ1n) is 9.71. The molecule has 3 N–H and O–H groups in total. The quantitative estimate of drug-likeness (QED) is 0.499. The van der Waals surface area contributed by atoms with Crippen LogP contribution in [-0.4, -0.2) is 27.8 Å². The molecule has 3 rings (SSSR count). The average Bonchev–Trinajstić information content (AvgIpc) is 2.70. The standard InChI is InChI=1S/C23H28N4O2/c1-16(2)29-20-11-9-19(10-12-20)26-22-24-14-13-21(27-22)25-18-7-5-17(6-8-18)23(3,4)15-28/h5-14,16,28H,15H2,1-4H3,(H2,24,25,26,27). The molecule has 6 heteroatoms. The van der Waals surface area contributed by atoms with E-state index in [4.69, 9.17) is 4.74 Å². The summed E-state index contributed by atoms with van der Waals surface area (Å²) in [6, 6.07) is 17.5. The third-order valence-corrected chi connectivity index (χ3v) is 4.47. The van der Waals surface area contributed by atoms with E-state index in [0.29, 0.717) is 11.8 Å². The number of aliphatic hydroxyl groups is 1. The van der Waals surface area contributed by atoms with E-state index < -0.39 is 0 Å². The number of hydrogen-bond donors (Lipinski definition) is 3. The summed E-state index contributed by atoms with van der Waals surface area (Å²) in [5, 5.41) is 16.0. The lowest BCUT2D eigenvalue weighted by Gasteiger charge is -2.22. The zero-order chi connectivity index (χ0) is 20.9. The van der Waals surface area contributed by atoms with Crippen LogP contribution in [0.25, 0.3) is 0 Å². The van der Waals surface area contributed by atoms with Crippen molar-refractivity contribution in [2.45, 2.75) is 39.2 Å². The lowest BCUT2D eigenvalue weighted by Crippen LogP contribution is -2.21. The van der Waals surface area contributed by atoms with Crippen LogP contribution in [0.4, 0.5) is 23.1 Å². The zero-order valence-electron chi connectivity index (χ0n) is 17.3. The Balaban J connectivity index is 1.66. The van der Waals surface area contributed by atoms with Crippen LogP contribution in [0.2, 0.25) is 0 Å². The predicted molar refractivity (Wildman–Crippen MR) is 117 cm³/mol. The van der Waals surface area contributed by atoms with Crippen molar-refractivity contribution in [3.8, 4) is 5.75 Å². The Morgan fingerprint density at radius 1 is 0.931 bits per heavy atom. The molecule has 0 aliphatic carbocycles. The van der Waals surface area contributed by atoms with Gasteiger partial charge in [0.05, 0.1) is 12.7 Å². The number of aromatic nitrogens is 2. The second kappa shape index (κ2) is 8.92. The Kier molecular flexibility index (Phi) is 6.34. The minimum atomic E-state index is -0.264.